The summed E-state index contributed by atoms with van der Waals surface area (Å²) < 4.78 is 16.6. The smallest absolute Gasteiger partial charge is 0.306 e. The molecule has 6 heteroatoms. The molecule has 0 N–H and O–H groups in total. The van der Waals surface area contributed by atoms with Gasteiger partial charge in [0.1, 0.15) is 13.2 Å². The van der Waals surface area contributed by atoms with Gasteiger partial charge in [-0.05, 0) is 25.2 Å². The molecule has 0 spiro atoms. The third kappa shape index (κ3) is 43.4. The zero-order valence-electron chi connectivity index (χ0n) is 37.4. The van der Waals surface area contributed by atoms with E-state index < -0.39 is 6.10 Å². The van der Waals surface area contributed by atoms with Gasteiger partial charge in [-0.15, -0.1) is 0 Å². The summed E-state index contributed by atoms with van der Waals surface area (Å²) in [6.07, 6.45) is 44.1. The summed E-state index contributed by atoms with van der Waals surface area (Å²) in [5, 5.41) is 0. The molecule has 0 fully saturated rings. The number of unbranched alkanes of at least 4 members (excludes halogenated alkanes) is 31. The maximum absolute atomic E-state index is 12.7. The van der Waals surface area contributed by atoms with Crippen LogP contribution in [0.2, 0.25) is 0 Å². The number of hydrogen-bond acceptors (Lipinski definition) is 6. The quantitative estimate of drug-likeness (QED) is 0.0348. The monoisotopic (exact) mass is 779 g/mol. The van der Waals surface area contributed by atoms with E-state index in [1.807, 2.05) is 0 Å². The van der Waals surface area contributed by atoms with Crippen LogP contribution in [0.25, 0.3) is 0 Å². The lowest BCUT2D eigenvalue weighted by molar-refractivity contribution is -0.167. The van der Waals surface area contributed by atoms with Crippen molar-refractivity contribution in [2.24, 2.45) is 5.92 Å². The molecule has 0 rings (SSSR count). The number of rotatable bonds is 44. The molecule has 326 valence electrons. The van der Waals surface area contributed by atoms with Crippen LogP contribution in [0.4, 0.5) is 0 Å². The molecule has 0 heterocycles. The zero-order chi connectivity index (χ0) is 40.3. The second kappa shape index (κ2) is 43.5. The number of ether oxygens (including phenoxy) is 3. The van der Waals surface area contributed by atoms with Crippen molar-refractivity contribution in [1.29, 1.82) is 0 Å². The number of hydrogen-bond donors (Lipinski definition) is 0. The minimum atomic E-state index is -0.758. The van der Waals surface area contributed by atoms with E-state index in [-0.39, 0.29) is 31.1 Å². The molecule has 0 bridgehead atoms. The summed E-state index contributed by atoms with van der Waals surface area (Å²) in [6, 6.07) is 0. The van der Waals surface area contributed by atoms with Crippen molar-refractivity contribution >= 4 is 17.9 Å². The first-order valence-electron chi connectivity index (χ1n) is 24.4. The van der Waals surface area contributed by atoms with Gasteiger partial charge in [0.05, 0.1) is 0 Å². The summed E-state index contributed by atoms with van der Waals surface area (Å²) in [7, 11) is 0. The van der Waals surface area contributed by atoms with Gasteiger partial charge in [-0.2, -0.15) is 0 Å². The van der Waals surface area contributed by atoms with Crippen LogP contribution < -0.4 is 0 Å². The van der Waals surface area contributed by atoms with E-state index in [9.17, 15) is 14.4 Å². The Bertz CT molecular complexity index is 826. The van der Waals surface area contributed by atoms with Crippen LogP contribution in [-0.2, 0) is 28.6 Å². The fourth-order valence-electron chi connectivity index (χ4n) is 7.33. The lowest BCUT2D eigenvalue weighted by Gasteiger charge is -2.18. The lowest BCUT2D eigenvalue weighted by atomic mass is 10.0. The molecule has 55 heavy (non-hydrogen) atoms. The number of carbonyl (C=O) groups is 3. The third-order valence-corrected chi connectivity index (χ3v) is 11.0. The Kier molecular flexibility index (Phi) is 42.3. The normalized spacial score (nSPS) is 11.9. The summed E-state index contributed by atoms with van der Waals surface area (Å²) >= 11 is 0. The van der Waals surface area contributed by atoms with Gasteiger partial charge in [-0.3, -0.25) is 14.4 Å². The van der Waals surface area contributed by atoms with E-state index in [0.717, 1.165) is 70.1 Å². The van der Waals surface area contributed by atoms with Crippen molar-refractivity contribution in [2.45, 2.75) is 278 Å². The number of esters is 3. The SMILES string of the molecule is CCCCCCCCCCCCCCCCCCCCCC(=O)OC[C@H](COC(=O)CCCCCCC)OC(=O)CCCCCCCCCCCCC(C)C. The van der Waals surface area contributed by atoms with Gasteiger partial charge in [-0.25, -0.2) is 0 Å². The van der Waals surface area contributed by atoms with E-state index in [1.165, 1.54) is 161 Å². The Morgan fingerprint density at radius 3 is 0.891 bits per heavy atom. The molecule has 0 amide bonds. The van der Waals surface area contributed by atoms with Crippen LogP contribution in [0.5, 0.6) is 0 Å². The molecule has 0 aromatic carbocycles. The summed E-state index contributed by atoms with van der Waals surface area (Å²) in [5.74, 6) is -0.0487. The minimum Gasteiger partial charge on any atom is -0.462 e. The first-order chi connectivity index (χ1) is 26.9. The molecular weight excluding hydrogens is 685 g/mol. The van der Waals surface area contributed by atoms with Crippen LogP contribution >= 0.6 is 0 Å². The lowest BCUT2D eigenvalue weighted by Crippen LogP contribution is -2.30. The fraction of sp³-hybridized carbons (Fsp3) is 0.939. The summed E-state index contributed by atoms with van der Waals surface area (Å²) in [6.45, 7) is 8.92. The Morgan fingerprint density at radius 2 is 0.600 bits per heavy atom. The van der Waals surface area contributed by atoms with Crippen LogP contribution in [0.15, 0.2) is 0 Å². The maximum Gasteiger partial charge on any atom is 0.306 e. The molecule has 0 saturated heterocycles. The van der Waals surface area contributed by atoms with E-state index in [4.69, 9.17) is 14.2 Å². The highest BCUT2D eigenvalue weighted by molar-refractivity contribution is 5.71. The van der Waals surface area contributed by atoms with Crippen LogP contribution in [0.3, 0.4) is 0 Å². The van der Waals surface area contributed by atoms with Crippen LogP contribution in [0.1, 0.15) is 272 Å². The second-order valence-corrected chi connectivity index (χ2v) is 17.2. The topological polar surface area (TPSA) is 78.9 Å². The van der Waals surface area contributed by atoms with Crippen LogP contribution in [0, 0.1) is 5.92 Å². The average Bonchev–Trinajstić information content (AvgIpc) is 3.17. The van der Waals surface area contributed by atoms with Crippen LogP contribution in [-0.4, -0.2) is 37.2 Å². The summed E-state index contributed by atoms with van der Waals surface area (Å²) in [5.41, 5.74) is 0. The molecule has 0 aromatic heterocycles. The predicted octanol–water partition coefficient (Wildman–Crippen LogP) is 15.5. The molecule has 0 aromatic rings. The number of carbonyl (C=O) groups excluding carboxylic acids is 3. The molecule has 0 saturated carbocycles. The third-order valence-electron chi connectivity index (χ3n) is 11.0. The van der Waals surface area contributed by atoms with Crippen molar-refractivity contribution in [2.75, 3.05) is 13.2 Å². The van der Waals surface area contributed by atoms with Gasteiger partial charge >= 0.3 is 17.9 Å². The Balaban J connectivity index is 4.10. The van der Waals surface area contributed by atoms with Gasteiger partial charge < -0.3 is 14.2 Å². The van der Waals surface area contributed by atoms with E-state index >= 15 is 0 Å². The zero-order valence-corrected chi connectivity index (χ0v) is 37.4. The van der Waals surface area contributed by atoms with Crippen molar-refractivity contribution in [3.8, 4) is 0 Å². The fourth-order valence-corrected chi connectivity index (χ4v) is 7.33. The van der Waals surface area contributed by atoms with Crippen molar-refractivity contribution in [3.05, 3.63) is 0 Å². The molecular formula is C49H94O6. The molecule has 0 aliphatic carbocycles. The largest absolute Gasteiger partial charge is 0.462 e. The maximum atomic E-state index is 12.7. The molecule has 6 nitrogen and oxygen atoms in total. The standard InChI is InChI=1S/C49H94O6/c1-5-7-9-11-12-13-14-15-16-17-18-19-20-21-22-26-29-33-37-41-48(51)54-44-46(43-53-47(50)40-36-31-10-8-6-2)55-49(52)42-38-34-30-27-24-23-25-28-32-35-39-45(3)4/h45-46H,5-44H2,1-4H3/t46-/m0/s1. The predicted molar refractivity (Wildman–Crippen MR) is 233 cm³/mol. The van der Waals surface area contributed by atoms with Gasteiger partial charge in [-0.1, -0.05) is 233 Å². The average molecular weight is 779 g/mol. The first-order valence-corrected chi connectivity index (χ1v) is 24.4. The first kappa shape index (κ1) is 53.4. The second-order valence-electron chi connectivity index (χ2n) is 17.2. The van der Waals surface area contributed by atoms with Crippen molar-refractivity contribution < 1.29 is 28.6 Å². The highest BCUT2D eigenvalue weighted by Crippen LogP contribution is 2.17. The molecule has 0 unspecified atom stereocenters. The minimum absolute atomic E-state index is 0.0645. The Morgan fingerprint density at radius 1 is 0.345 bits per heavy atom. The van der Waals surface area contributed by atoms with Gasteiger partial charge in [0.2, 0.25) is 0 Å². The molecule has 0 radical (unpaired) electrons. The molecule has 1 atom stereocenters. The summed E-state index contributed by atoms with van der Waals surface area (Å²) in [4.78, 5) is 37.5. The Labute approximate surface area is 342 Å². The van der Waals surface area contributed by atoms with Gasteiger partial charge in [0, 0.05) is 19.3 Å². The molecule has 0 aliphatic heterocycles. The Hall–Kier alpha value is -1.59. The highest BCUT2D eigenvalue weighted by atomic mass is 16.6. The van der Waals surface area contributed by atoms with Crippen molar-refractivity contribution in [3.63, 3.8) is 0 Å². The van der Waals surface area contributed by atoms with Gasteiger partial charge in [0.25, 0.3) is 0 Å². The van der Waals surface area contributed by atoms with E-state index in [2.05, 4.69) is 27.7 Å². The van der Waals surface area contributed by atoms with Crippen molar-refractivity contribution in [1.82, 2.24) is 0 Å². The van der Waals surface area contributed by atoms with E-state index in [0.29, 0.717) is 19.3 Å². The molecule has 0 aliphatic rings. The highest BCUT2D eigenvalue weighted by Gasteiger charge is 2.19. The van der Waals surface area contributed by atoms with Gasteiger partial charge in [0.15, 0.2) is 6.10 Å². The van der Waals surface area contributed by atoms with E-state index in [1.54, 1.807) is 0 Å².